The standard InChI is InChI=1S/C13H21ClN2O2S/c1-5-16(8-13(3,4)18)12(17)15-9(2)10-6-7-11(14)19-10/h6-7,9,18H,5,8H2,1-4H3,(H,15,17). The molecule has 0 saturated heterocycles. The Labute approximate surface area is 123 Å². The number of nitrogens with one attached hydrogen (secondary N) is 1. The zero-order chi connectivity index (χ0) is 14.6. The van der Waals surface area contributed by atoms with Gasteiger partial charge in [-0.05, 0) is 39.8 Å². The number of hydrogen-bond donors (Lipinski definition) is 2. The molecule has 0 bridgehead atoms. The molecule has 4 nitrogen and oxygen atoms in total. The number of amides is 2. The van der Waals surface area contributed by atoms with Crippen molar-refractivity contribution in [1.29, 1.82) is 0 Å². The van der Waals surface area contributed by atoms with Crippen LogP contribution in [0.25, 0.3) is 0 Å². The van der Waals surface area contributed by atoms with Crippen LogP contribution < -0.4 is 5.32 Å². The zero-order valence-electron chi connectivity index (χ0n) is 11.7. The average Bonchev–Trinajstić information content (AvgIpc) is 2.71. The molecule has 0 aromatic carbocycles. The van der Waals surface area contributed by atoms with Crippen molar-refractivity contribution in [2.24, 2.45) is 0 Å². The third-order valence-electron chi connectivity index (χ3n) is 2.61. The molecule has 0 spiro atoms. The van der Waals surface area contributed by atoms with Crippen molar-refractivity contribution in [2.75, 3.05) is 13.1 Å². The van der Waals surface area contributed by atoms with Crippen LogP contribution in [-0.2, 0) is 0 Å². The van der Waals surface area contributed by atoms with E-state index in [9.17, 15) is 9.90 Å². The van der Waals surface area contributed by atoms with Crippen LogP contribution in [-0.4, -0.2) is 34.7 Å². The summed E-state index contributed by atoms with van der Waals surface area (Å²) in [6, 6.07) is 3.45. The van der Waals surface area contributed by atoms with Gasteiger partial charge in [0.15, 0.2) is 0 Å². The van der Waals surface area contributed by atoms with Crippen LogP contribution in [0.2, 0.25) is 4.34 Å². The van der Waals surface area contributed by atoms with Crippen LogP contribution in [0.3, 0.4) is 0 Å². The lowest BCUT2D eigenvalue weighted by Gasteiger charge is -2.29. The van der Waals surface area contributed by atoms with Gasteiger partial charge in [0, 0.05) is 11.4 Å². The Morgan fingerprint density at radius 3 is 2.63 bits per heavy atom. The zero-order valence-corrected chi connectivity index (χ0v) is 13.3. The quantitative estimate of drug-likeness (QED) is 0.877. The molecule has 0 radical (unpaired) electrons. The van der Waals surface area contributed by atoms with Crippen molar-refractivity contribution in [2.45, 2.75) is 39.3 Å². The lowest BCUT2D eigenvalue weighted by atomic mass is 10.1. The summed E-state index contributed by atoms with van der Waals surface area (Å²) >= 11 is 7.33. The van der Waals surface area contributed by atoms with E-state index in [1.807, 2.05) is 26.0 Å². The number of nitrogens with zero attached hydrogens (tertiary/aromatic N) is 1. The van der Waals surface area contributed by atoms with Crippen molar-refractivity contribution < 1.29 is 9.90 Å². The molecule has 1 rings (SSSR count). The number of thiophene rings is 1. The molecule has 0 fully saturated rings. The Bertz CT molecular complexity index is 429. The maximum absolute atomic E-state index is 12.1. The molecule has 1 unspecified atom stereocenters. The second-order valence-electron chi connectivity index (χ2n) is 5.14. The highest BCUT2D eigenvalue weighted by Crippen LogP contribution is 2.26. The van der Waals surface area contributed by atoms with Gasteiger partial charge in [-0.3, -0.25) is 0 Å². The first-order chi connectivity index (χ1) is 8.73. The van der Waals surface area contributed by atoms with Crippen LogP contribution in [0, 0.1) is 0 Å². The van der Waals surface area contributed by atoms with Crippen LogP contribution >= 0.6 is 22.9 Å². The molecule has 6 heteroatoms. The molecule has 0 saturated carbocycles. The summed E-state index contributed by atoms with van der Waals surface area (Å²) in [5.41, 5.74) is -0.900. The number of halogens is 1. The molecule has 1 aromatic heterocycles. The highest BCUT2D eigenvalue weighted by Gasteiger charge is 2.22. The molecule has 0 aliphatic heterocycles. The third-order valence-corrected chi connectivity index (χ3v) is 4.02. The first kappa shape index (κ1) is 16.3. The lowest BCUT2D eigenvalue weighted by Crippen LogP contribution is -2.47. The molecule has 19 heavy (non-hydrogen) atoms. The van der Waals surface area contributed by atoms with Crippen LogP contribution in [0.15, 0.2) is 12.1 Å². The Hall–Kier alpha value is -0.780. The summed E-state index contributed by atoms with van der Waals surface area (Å²) < 4.78 is 0.708. The average molecular weight is 305 g/mol. The number of hydrogen-bond acceptors (Lipinski definition) is 3. The van der Waals surface area contributed by atoms with Crippen molar-refractivity contribution in [3.05, 3.63) is 21.3 Å². The van der Waals surface area contributed by atoms with Crippen molar-refractivity contribution >= 4 is 29.0 Å². The van der Waals surface area contributed by atoms with Gasteiger partial charge in [0.25, 0.3) is 0 Å². The fourth-order valence-corrected chi connectivity index (χ4v) is 2.77. The number of carbonyl (C=O) groups is 1. The van der Waals surface area contributed by atoms with Crippen LogP contribution in [0.4, 0.5) is 4.79 Å². The van der Waals surface area contributed by atoms with Gasteiger partial charge in [0.1, 0.15) is 0 Å². The summed E-state index contributed by atoms with van der Waals surface area (Å²) in [5.74, 6) is 0. The van der Waals surface area contributed by atoms with E-state index in [1.54, 1.807) is 18.7 Å². The Kier molecular flexibility index (Phi) is 5.64. The molecule has 1 heterocycles. The van der Waals surface area contributed by atoms with Gasteiger partial charge in [-0.25, -0.2) is 4.79 Å². The van der Waals surface area contributed by atoms with Gasteiger partial charge in [0.2, 0.25) is 0 Å². The highest BCUT2D eigenvalue weighted by atomic mass is 35.5. The Morgan fingerprint density at radius 1 is 1.58 bits per heavy atom. The van der Waals surface area contributed by atoms with Crippen molar-refractivity contribution in [1.82, 2.24) is 10.2 Å². The van der Waals surface area contributed by atoms with Crippen molar-refractivity contribution in [3.8, 4) is 0 Å². The summed E-state index contributed by atoms with van der Waals surface area (Å²) in [6.07, 6.45) is 0. The molecule has 0 aliphatic carbocycles. The second-order valence-corrected chi connectivity index (χ2v) is 6.89. The molecular formula is C13H21ClN2O2S. The predicted octanol–water partition coefficient (Wildman–Crippen LogP) is 3.26. The van der Waals surface area contributed by atoms with Gasteiger partial charge in [-0.15, -0.1) is 11.3 Å². The third kappa shape index (κ3) is 5.38. The van der Waals surface area contributed by atoms with Gasteiger partial charge in [-0.2, -0.15) is 0 Å². The molecule has 0 aliphatic rings. The van der Waals surface area contributed by atoms with E-state index < -0.39 is 5.60 Å². The van der Waals surface area contributed by atoms with Crippen LogP contribution in [0.1, 0.15) is 38.6 Å². The van der Waals surface area contributed by atoms with Crippen molar-refractivity contribution in [3.63, 3.8) is 0 Å². The monoisotopic (exact) mass is 304 g/mol. The fraction of sp³-hybridized carbons (Fsp3) is 0.615. The van der Waals surface area contributed by atoms with E-state index in [1.165, 1.54) is 11.3 Å². The van der Waals surface area contributed by atoms with E-state index in [4.69, 9.17) is 11.6 Å². The maximum Gasteiger partial charge on any atom is 0.317 e. The minimum atomic E-state index is -0.900. The smallest absolute Gasteiger partial charge is 0.317 e. The number of carbonyl (C=O) groups excluding carboxylic acids is 1. The Morgan fingerprint density at radius 2 is 2.21 bits per heavy atom. The van der Waals surface area contributed by atoms with Crippen LogP contribution in [0.5, 0.6) is 0 Å². The van der Waals surface area contributed by atoms with Gasteiger partial charge in [-0.1, -0.05) is 11.6 Å². The van der Waals surface area contributed by atoms with Gasteiger partial charge in [0.05, 0.1) is 22.5 Å². The topological polar surface area (TPSA) is 52.6 Å². The largest absolute Gasteiger partial charge is 0.389 e. The molecule has 2 N–H and O–H groups in total. The van der Waals surface area contributed by atoms with E-state index in [2.05, 4.69) is 5.32 Å². The molecule has 108 valence electrons. The first-order valence-corrected chi connectivity index (χ1v) is 7.45. The van der Waals surface area contributed by atoms with E-state index in [0.717, 1.165) is 4.88 Å². The normalized spacial score (nSPS) is 13.2. The van der Waals surface area contributed by atoms with E-state index in [-0.39, 0.29) is 12.1 Å². The lowest BCUT2D eigenvalue weighted by molar-refractivity contribution is 0.0476. The minimum absolute atomic E-state index is 0.0964. The fourth-order valence-electron chi connectivity index (χ4n) is 1.70. The van der Waals surface area contributed by atoms with Gasteiger partial charge >= 0.3 is 6.03 Å². The summed E-state index contributed by atoms with van der Waals surface area (Å²) in [6.45, 7) is 8.02. The summed E-state index contributed by atoms with van der Waals surface area (Å²) in [5, 5.41) is 12.7. The summed E-state index contributed by atoms with van der Waals surface area (Å²) in [7, 11) is 0. The number of rotatable bonds is 5. The molecule has 1 aromatic rings. The van der Waals surface area contributed by atoms with E-state index >= 15 is 0 Å². The number of likely N-dealkylation sites (N-methyl/N-ethyl adjacent to an activating group) is 1. The summed E-state index contributed by atoms with van der Waals surface area (Å²) in [4.78, 5) is 14.7. The Balaban J connectivity index is 2.62. The maximum atomic E-state index is 12.1. The SMILES string of the molecule is CCN(CC(C)(C)O)C(=O)NC(C)c1ccc(Cl)s1. The molecule has 1 atom stereocenters. The molecule has 2 amide bonds. The number of urea groups is 1. The predicted molar refractivity (Wildman–Crippen MR) is 79.8 cm³/mol. The highest BCUT2D eigenvalue weighted by molar-refractivity contribution is 7.16. The number of aliphatic hydroxyl groups is 1. The van der Waals surface area contributed by atoms with Gasteiger partial charge < -0.3 is 15.3 Å². The van der Waals surface area contributed by atoms with E-state index in [0.29, 0.717) is 17.4 Å². The minimum Gasteiger partial charge on any atom is -0.389 e. The molecular weight excluding hydrogens is 284 g/mol. The first-order valence-electron chi connectivity index (χ1n) is 6.26. The second kappa shape index (κ2) is 6.59.